The molecule has 23 heavy (non-hydrogen) atoms. The highest BCUT2D eigenvalue weighted by atomic mass is 16.3. The second-order valence-corrected chi connectivity index (χ2v) is 9.28. The van der Waals surface area contributed by atoms with Crippen molar-refractivity contribution in [3.05, 3.63) is 11.6 Å². The van der Waals surface area contributed by atoms with Gasteiger partial charge in [0.05, 0.1) is 12.2 Å². The van der Waals surface area contributed by atoms with Gasteiger partial charge in [-0.25, -0.2) is 0 Å². The lowest BCUT2D eigenvalue weighted by Crippen LogP contribution is -2.54. The first-order chi connectivity index (χ1) is 10.9. The maximum Gasteiger partial charge on any atom is 0.0596 e. The molecule has 0 aliphatic heterocycles. The highest BCUT2D eigenvalue weighted by Crippen LogP contribution is 2.65. The molecule has 0 heterocycles. The van der Waals surface area contributed by atoms with Gasteiger partial charge in [0.25, 0.3) is 0 Å². The molecule has 0 bridgehead atoms. The van der Waals surface area contributed by atoms with Crippen molar-refractivity contribution in [3.8, 4) is 0 Å². The largest absolute Gasteiger partial charge is 0.396 e. The Morgan fingerprint density at radius 3 is 2.57 bits per heavy atom. The Morgan fingerprint density at radius 1 is 1.04 bits per heavy atom. The fraction of sp³-hybridized carbons (Fsp3) is 0.900. The van der Waals surface area contributed by atoms with E-state index >= 15 is 0 Å². The molecule has 0 radical (unpaired) electrons. The van der Waals surface area contributed by atoms with Gasteiger partial charge in [-0.3, -0.25) is 0 Å². The van der Waals surface area contributed by atoms with E-state index in [2.05, 4.69) is 19.9 Å². The van der Waals surface area contributed by atoms with Gasteiger partial charge >= 0.3 is 0 Å². The van der Waals surface area contributed by atoms with Crippen LogP contribution in [0.25, 0.3) is 0 Å². The van der Waals surface area contributed by atoms with Gasteiger partial charge in [-0.1, -0.05) is 25.5 Å². The van der Waals surface area contributed by atoms with Crippen LogP contribution in [0.5, 0.6) is 0 Å². The van der Waals surface area contributed by atoms with Crippen molar-refractivity contribution in [2.45, 2.75) is 71.0 Å². The third-order valence-electron chi connectivity index (χ3n) is 8.41. The molecule has 3 nitrogen and oxygen atoms in total. The van der Waals surface area contributed by atoms with E-state index in [-0.39, 0.29) is 35.6 Å². The summed E-state index contributed by atoms with van der Waals surface area (Å²) in [6.45, 7) is 4.90. The van der Waals surface area contributed by atoms with E-state index in [1.807, 2.05) is 0 Å². The zero-order chi connectivity index (χ0) is 16.4. The standard InChI is InChI=1S/C20H32O3/c1-19-7-5-14(22)10-13(19)9-12(11-21)18-15-3-4-17(23)20(15,2)8-6-16(18)19/h9,12,14-18,21-23H,3-8,10-11H2,1-2H3/t12-,14+,15+,16+,17+,18+,19+,20+/m1/s1. The minimum Gasteiger partial charge on any atom is -0.396 e. The van der Waals surface area contributed by atoms with Gasteiger partial charge in [0, 0.05) is 12.5 Å². The van der Waals surface area contributed by atoms with Gasteiger partial charge in [-0.2, -0.15) is 0 Å². The smallest absolute Gasteiger partial charge is 0.0596 e. The number of fused-ring (bicyclic) bond motifs is 5. The summed E-state index contributed by atoms with van der Waals surface area (Å²) in [5.41, 5.74) is 1.65. The summed E-state index contributed by atoms with van der Waals surface area (Å²) in [5.74, 6) is 1.86. The van der Waals surface area contributed by atoms with Gasteiger partial charge in [-0.05, 0) is 73.5 Å². The highest BCUT2D eigenvalue weighted by Gasteiger charge is 2.60. The minimum atomic E-state index is -0.202. The SMILES string of the molecule is C[C@]12CC[C@H]3[C@@H]([C@@H](CO)C=C4C[C@@H](O)CC[C@@]43C)[C@@H]1CC[C@@H]2O. The molecule has 3 heteroatoms. The molecule has 0 aromatic heterocycles. The van der Waals surface area contributed by atoms with Crippen LogP contribution in [0.2, 0.25) is 0 Å². The zero-order valence-corrected chi connectivity index (χ0v) is 14.5. The highest BCUT2D eigenvalue weighted by molar-refractivity contribution is 5.27. The van der Waals surface area contributed by atoms with Crippen LogP contribution < -0.4 is 0 Å². The molecule has 3 fully saturated rings. The van der Waals surface area contributed by atoms with Crippen LogP contribution in [0.15, 0.2) is 11.6 Å². The van der Waals surface area contributed by atoms with E-state index in [1.165, 1.54) is 5.57 Å². The van der Waals surface area contributed by atoms with Crippen molar-refractivity contribution >= 4 is 0 Å². The van der Waals surface area contributed by atoms with Crippen LogP contribution in [-0.4, -0.2) is 34.1 Å². The van der Waals surface area contributed by atoms with Crippen molar-refractivity contribution in [2.75, 3.05) is 6.61 Å². The molecule has 0 saturated heterocycles. The monoisotopic (exact) mass is 320 g/mol. The van der Waals surface area contributed by atoms with Gasteiger partial charge in [0.2, 0.25) is 0 Å². The summed E-state index contributed by atoms with van der Waals surface area (Å²) in [6, 6.07) is 0. The maximum absolute atomic E-state index is 10.6. The normalized spacial score (nSPS) is 55.6. The van der Waals surface area contributed by atoms with Crippen molar-refractivity contribution in [1.82, 2.24) is 0 Å². The first-order valence-electron chi connectivity index (χ1n) is 9.58. The Balaban J connectivity index is 1.75. The zero-order valence-electron chi connectivity index (χ0n) is 14.5. The quantitative estimate of drug-likeness (QED) is 0.651. The summed E-state index contributed by atoms with van der Waals surface area (Å²) in [7, 11) is 0. The Kier molecular flexibility index (Phi) is 3.72. The molecule has 4 aliphatic carbocycles. The third-order valence-corrected chi connectivity index (χ3v) is 8.41. The lowest BCUT2D eigenvalue weighted by molar-refractivity contribution is -0.0929. The summed E-state index contributed by atoms with van der Waals surface area (Å²) < 4.78 is 0. The molecular formula is C20H32O3. The van der Waals surface area contributed by atoms with Crippen molar-refractivity contribution in [2.24, 2.45) is 34.5 Å². The first-order valence-corrected chi connectivity index (χ1v) is 9.58. The Labute approximate surface area is 139 Å². The fourth-order valence-electron chi connectivity index (χ4n) is 6.95. The van der Waals surface area contributed by atoms with E-state index in [9.17, 15) is 15.3 Å². The number of hydrogen-bond donors (Lipinski definition) is 3. The summed E-state index contributed by atoms with van der Waals surface area (Å²) in [5, 5.41) is 30.7. The van der Waals surface area contributed by atoms with Gasteiger partial charge in [0.1, 0.15) is 0 Å². The van der Waals surface area contributed by atoms with E-state index in [0.29, 0.717) is 17.8 Å². The van der Waals surface area contributed by atoms with Crippen LogP contribution in [0.4, 0.5) is 0 Å². The van der Waals surface area contributed by atoms with Crippen LogP contribution >= 0.6 is 0 Å². The molecule has 8 atom stereocenters. The maximum atomic E-state index is 10.6. The Bertz CT molecular complexity index is 515. The van der Waals surface area contributed by atoms with E-state index in [0.717, 1.165) is 44.9 Å². The average molecular weight is 320 g/mol. The van der Waals surface area contributed by atoms with Crippen molar-refractivity contribution < 1.29 is 15.3 Å². The molecule has 0 aromatic rings. The van der Waals surface area contributed by atoms with Crippen molar-refractivity contribution in [3.63, 3.8) is 0 Å². The molecule has 3 saturated carbocycles. The van der Waals surface area contributed by atoms with E-state index in [4.69, 9.17) is 0 Å². The number of aliphatic hydroxyl groups is 3. The van der Waals surface area contributed by atoms with E-state index in [1.54, 1.807) is 0 Å². The van der Waals surface area contributed by atoms with Crippen LogP contribution in [0.1, 0.15) is 58.8 Å². The molecule has 4 rings (SSSR count). The minimum absolute atomic E-state index is 0.0461. The lowest BCUT2D eigenvalue weighted by atomic mass is 9.46. The predicted molar refractivity (Wildman–Crippen MR) is 89.7 cm³/mol. The second-order valence-electron chi connectivity index (χ2n) is 9.28. The number of rotatable bonds is 1. The van der Waals surface area contributed by atoms with Gasteiger partial charge < -0.3 is 15.3 Å². The van der Waals surface area contributed by atoms with Crippen LogP contribution in [0, 0.1) is 34.5 Å². The summed E-state index contributed by atoms with van der Waals surface area (Å²) in [4.78, 5) is 0. The molecule has 3 N–H and O–H groups in total. The molecule has 0 amide bonds. The second kappa shape index (κ2) is 5.31. The molecule has 0 unspecified atom stereocenters. The molecule has 0 aromatic carbocycles. The molecule has 4 aliphatic rings. The van der Waals surface area contributed by atoms with Gasteiger partial charge in [-0.15, -0.1) is 0 Å². The molecular weight excluding hydrogens is 288 g/mol. The predicted octanol–water partition coefficient (Wildman–Crippen LogP) is 2.89. The van der Waals surface area contributed by atoms with E-state index < -0.39 is 0 Å². The molecule has 130 valence electrons. The fourth-order valence-corrected chi connectivity index (χ4v) is 6.95. The third kappa shape index (κ3) is 2.12. The Hall–Kier alpha value is -0.380. The summed E-state index contributed by atoms with van der Waals surface area (Å²) >= 11 is 0. The van der Waals surface area contributed by atoms with Gasteiger partial charge in [0.15, 0.2) is 0 Å². The van der Waals surface area contributed by atoms with Crippen LogP contribution in [0.3, 0.4) is 0 Å². The topological polar surface area (TPSA) is 60.7 Å². The average Bonchev–Trinajstić information content (AvgIpc) is 2.83. The van der Waals surface area contributed by atoms with Crippen LogP contribution in [-0.2, 0) is 0 Å². The summed E-state index contributed by atoms with van der Waals surface area (Å²) in [6.07, 6.45) is 9.04. The molecule has 0 spiro atoms. The number of aliphatic hydroxyl groups excluding tert-OH is 3. The number of hydrogen-bond acceptors (Lipinski definition) is 3. The first kappa shape index (κ1) is 16.1. The lowest BCUT2D eigenvalue weighted by Gasteiger charge is -2.59. The Morgan fingerprint density at radius 2 is 1.83 bits per heavy atom. The van der Waals surface area contributed by atoms with Crippen molar-refractivity contribution in [1.29, 1.82) is 0 Å².